The molecule has 0 spiro atoms. The summed E-state index contributed by atoms with van der Waals surface area (Å²) in [5.41, 5.74) is 5.70. The topological polar surface area (TPSA) is 50.4 Å². The second-order valence-electron chi connectivity index (χ2n) is 4.27. The van der Waals surface area contributed by atoms with Crippen molar-refractivity contribution in [3.05, 3.63) is 0 Å². The van der Waals surface area contributed by atoms with Crippen molar-refractivity contribution in [2.24, 2.45) is 16.6 Å². The number of rotatable bonds is 4. The summed E-state index contributed by atoms with van der Waals surface area (Å²) in [7, 11) is 0. The minimum absolute atomic E-state index is 0.632. The van der Waals surface area contributed by atoms with Gasteiger partial charge in [-0.1, -0.05) is 19.3 Å². The van der Waals surface area contributed by atoms with E-state index >= 15 is 0 Å². The van der Waals surface area contributed by atoms with Gasteiger partial charge >= 0.3 is 0 Å². The van der Waals surface area contributed by atoms with E-state index in [0.717, 1.165) is 12.5 Å². The van der Waals surface area contributed by atoms with E-state index in [0.29, 0.717) is 12.0 Å². The van der Waals surface area contributed by atoms with Crippen molar-refractivity contribution in [1.29, 1.82) is 0 Å². The Labute approximate surface area is 79.8 Å². The molecule has 3 heteroatoms. The maximum absolute atomic E-state index is 5.70. The summed E-state index contributed by atoms with van der Waals surface area (Å²) < 4.78 is 0. The maximum Gasteiger partial charge on any atom is 0.188 e. The van der Waals surface area contributed by atoms with Gasteiger partial charge in [0.25, 0.3) is 0 Å². The van der Waals surface area contributed by atoms with Crippen molar-refractivity contribution in [3.63, 3.8) is 0 Å². The van der Waals surface area contributed by atoms with E-state index in [9.17, 15) is 0 Å². The van der Waals surface area contributed by atoms with Crippen LogP contribution in [-0.2, 0) is 0 Å². The van der Waals surface area contributed by atoms with Gasteiger partial charge in [-0.25, -0.2) is 0 Å². The lowest BCUT2D eigenvalue weighted by Crippen LogP contribution is -2.33. The molecular formula is C10H19N3. The SMILES string of the molecule is NC(=NCCC1CCC1)NC1CC1. The Morgan fingerprint density at radius 2 is 2.08 bits per heavy atom. The molecule has 0 radical (unpaired) electrons. The number of guanidine groups is 1. The second kappa shape index (κ2) is 3.99. The van der Waals surface area contributed by atoms with E-state index in [4.69, 9.17) is 5.73 Å². The first-order chi connectivity index (χ1) is 6.34. The standard InChI is InChI=1S/C10H19N3/c11-10(13-9-4-5-9)12-7-6-8-2-1-3-8/h8-9H,1-7H2,(H3,11,12,13). The van der Waals surface area contributed by atoms with Gasteiger partial charge in [-0.3, -0.25) is 4.99 Å². The van der Waals surface area contributed by atoms with Crippen LogP contribution in [0.4, 0.5) is 0 Å². The summed E-state index contributed by atoms with van der Waals surface area (Å²) in [6.45, 7) is 0.913. The van der Waals surface area contributed by atoms with Crippen molar-refractivity contribution in [2.75, 3.05) is 6.54 Å². The zero-order chi connectivity index (χ0) is 9.10. The highest BCUT2D eigenvalue weighted by Crippen LogP contribution is 2.29. The van der Waals surface area contributed by atoms with Gasteiger partial charge in [0.05, 0.1) is 0 Å². The largest absolute Gasteiger partial charge is 0.370 e. The summed E-state index contributed by atoms with van der Waals surface area (Å²) in [4.78, 5) is 4.31. The van der Waals surface area contributed by atoms with Crippen molar-refractivity contribution < 1.29 is 0 Å². The molecule has 2 aliphatic rings. The normalized spacial score (nSPS) is 24.2. The van der Waals surface area contributed by atoms with E-state index in [2.05, 4.69) is 10.3 Å². The molecule has 0 aromatic rings. The first kappa shape index (κ1) is 8.85. The molecule has 3 nitrogen and oxygen atoms in total. The zero-order valence-corrected chi connectivity index (χ0v) is 8.13. The molecule has 74 valence electrons. The highest BCUT2D eigenvalue weighted by molar-refractivity contribution is 5.78. The van der Waals surface area contributed by atoms with Crippen LogP contribution in [0.25, 0.3) is 0 Å². The average Bonchev–Trinajstić information content (AvgIpc) is 2.78. The number of hydrogen-bond acceptors (Lipinski definition) is 1. The number of nitrogens with two attached hydrogens (primary N) is 1. The van der Waals surface area contributed by atoms with Crippen LogP contribution in [0.5, 0.6) is 0 Å². The first-order valence-electron chi connectivity index (χ1n) is 5.41. The third-order valence-electron chi connectivity index (χ3n) is 2.97. The molecule has 3 N–H and O–H groups in total. The van der Waals surface area contributed by atoms with Gasteiger partial charge in [-0.2, -0.15) is 0 Å². The van der Waals surface area contributed by atoms with Gasteiger partial charge < -0.3 is 11.1 Å². The number of nitrogens with zero attached hydrogens (tertiary/aromatic N) is 1. The van der Waals surface area contributed by atoms with Crippen molar-refractivity contribution >= 4 is 5.96 Å². The number of nitrogens with one attached hydrogen (secondary N) is 1. The molecular weight excluding hydrogens is 162 g/mol. The van der Waals surface area contributed by atoms with E-state index in [-0.39, 0.29) is 0 Å². The summed E-state index contributed by atoms with van der Waals surface area (Å²) >= 11 is 0. The Morgan fingerprint density at radius 1 is 1.31 bits per heavy atom. The van der Waals surface area contributed by atoms with Gasteiger partial charge in [0.15, 0.2) is 5.96 Å². The minimum Gasteiger partial charge on any atom is -0.370 e. The number of hydrogen-bond donors (Lipinski definition) is 2. The molecule has 2 rings (SSSR count). The predicted octanol–water partition coefficient (Wildman–Crippen LogP) is 1.24. The van der Waals surface area contributed by atoms with Crippen LogP contribution in [0.3, 0.4) is 0 Å². The van der Waals surface area contributed by atoms with E-state index < -0.39 is 0 Å². The Kier molecular flexibility index (Phi) is 2.71. The molecule has 0 aliphatic heterocycles. The van der Waals surface area contributed by atoms with Crippen LogP contribution in [-0.4, -0.2) is 18.5 Å². The van der Waals surface area contributed by atoms with Crippen LogP contribution >= 0.6 is 0 Å². The van der Waals surface area contributed by atoms with Crippen LogP contribution in [0.2, 0.25) is 0 Å². The van der Waals surface area contributed by atoms with Crippen LogP contribution in [0, 0.1) is 5.92 Å². The molecule has 0 saturated heterocycles. The van der Waals surface area contributed by atoms with Gasteiger partial charge in [-0.05, 0) is 25.2 Å². The molecule has 2 fully saturated rings. The molecule has 0 amide bonds. The summed E-state index contributed by atoms with van der Waals surface area (Å²) in [6.07, 6.45) is 7.99. The zero-order valence-electron chi connectivity index (χ0n) is 8.13. The molecule has 0 atom stereocenters. The monoisotopic (exact) mass is 181 g/mol. The summed E-state index contributed by atoms with van der Waals surface area (Å²) in [6, 6.07) is 0.632. The lowest BCUT2D eigenvalue weighted by molar-refractivity contribution is 0.300. The first-order valence-corrected chi connectivity index (χ1v) is 5.41. The average molecular weight is 181 g/mol. The van der Waals surface area contributed by atoms with Gasteiger partial charge in [0, 0.05) is 12.6 Å². The molecule has 0 aromatic heterocycles. The van der Waals surface area contributed by atoms with Gasteiger partial charge in [-0.15, -0.1) is 0 Å². The van der Waals surface area contributed by atoms with E-state index in [1.807, 2.05) is 0 Å². The Balaban J connectivity index is 1.57. The molecule has 0 bridgehead atoms. The molecule has 0 unspecified atom stereocenters. The second-order valence-corrected chi connectivity index (χ2v) is 4.27. The molecule has 2 aliphatic carbocycles. The van der Waals surface area contributed by atoms with Crippen molar-refractivity contribution in [3.8, 4) is 0 Å². The van der Waals surface area contributed by atoms with Crippen molar-refractivity contribution in [1.82, 2.24) is 5.32 Å². The summed E-state index contributed by atoms with van der Waals surface area (Å²) in [5, 5.41) is 3.19. The molecule has 0 aromatic carbocycles. The summed E-state index contributed by atoms with van der Waals surface area (Å²) in [5.74, 6) is 1.60. The maximum atomic E-state index is 5.70. The van der Waals surface area contributed by atoms with Crippen LogP contribution in [0.1, 0.15) is 38.5 Å². The highest BCUT2D eigenvalue weighted by Gasteiger charge is 2.21. The molecule has 13 heavy (non-hydrogen) atoms. The Hall–Kier alpha value is -0.730. The molecule has 2 saturated carbocycles. The Morgan fingerprint density at radius 3 is 2.62 bits per heavy atom. The number of aliphatic imine (C=N–C) groups is 1. The predicted molar refractivity (Wildman–Crippen MR) is 54.6 cm³/mol. The third-order valence-corrected chi connectivity index (χ3v) is 2.97. The van der Waals surface area contributed by atoms with Crippen molar-refractivity contribution in [2.45, 2.75) is 44.6 Å². The Bertz CT molecular complexity index is 192. The smallest absolute Gasteiger partial charge is 0.188 e. The van der Waals surface area contributed by atoms with Crippen LogP contribution in [0.15, 0.2) is 4.99 Å². The quantitative estimate of drug-likeness (QED) is 0.506. The lowest BCUT2D eigenvalue weighted by Gasteiger charge is -2.24. The fraction of sp³-hybridized carbons (Fsp3) is 0.900. The minimum atomic E-state index is 0.632. The van der Waals surface area contributed by atoms with Gasteiger partial charge in [0.1, 0.15) is 0 Å². The lowest BCUT2D eigenvalue weighted by atomic mass is 9.83. The van der Waals surface area contributed by atoms with E-state index in [1.165, 1.54) is 38.5 Å². The highest BCUT2D eigenvalue weighted by atomic mass is 15.1. The van der Waals surface area contributed by atoms with E-state index in [1.54, 1.807) is 0 Å². The van der Waals surface area contributed by atoms with Crippen LogP contribution < -0.4 is 11.1 Å². The van der Waals surface area contributed by atoms with Gasteiger partial charge in [0.2, 0.25) is 0 Å². The fourth-order valence-electron chi connectivity index (χ4n) is 1.63. The fourth-order valence-corrected chi connectivity index (χ4v) is 1.63. The third kappa shape index (κ3) is 2.90. The molecule has 0 heterocycles.